The Kier molecular flexibility index (Phi) is 5.97. The van der Waals surface area contributed by atoms with Gasteiger partial charge in [0.15, 0.2) is 11.6 Å². The summed E-state index contributed by atoms with van der Waals surface area (Å²) < 4.78 is 26.9. The fraction of sp³-hybridized carbons (Fsp3) is 0.188. The van der Waals surface area contributed by atoms with Crippen LogP contribution in [0.5, 0.6) is 0 Å². The van der Waals surface area contributed by atoms with Crippen molar-refractivity contribution in [2.45, 2.75) is 17.9 Å². The fourth-order valence-electron chi connectivity index (χ4n) is 1.72. The van der Waals surface area contributed by atoms with Crippen molar-refractivity contribution < 1.29 is 13.6 Å². The predicted octanol–water partition coefficient (Wildman–Crippen LogP) is 4.99. The smallest absolute Gasteiger partial charge is 0.237 e. The zero-order valence-corrected chi connectivity index (χ0v) is 14.2. The molecule has 0 spiro atoms. The molecule has 0 aliphatic heterocycles. The quantitative estimate of drug-likeness (QED) is 0.785. The van der Waals surface area contributed by atoms with Gasteiger partial charge in [0.05, 0.1) is 5.25 Å². The molecular weight excluding hydrogens is 372 g/mol. The number of anilines is 1. The minimum atomic E-state index is -0.980. The third kappa shape index (κ3) is 4.55. The number of benzene rings is 2. The molecule has 0 bridgehead atoms. The zero-order chi connectivity index (χ0) is 16.1. The molecular formula is C16H14BrF2NOS. The van der Waals surface area contributed by atoms with Gasteiger partial charge in [-0.05, 0) is 30.7 Å². The van der Waals surface area contributed by atoms with Crippen molar-refractivity contribution in [2.24, 2.45) is 0 Å². The molecule has 2 rings (SSSR count). The van der Waals surface area contributed by atoms with Crippen LogP contribution in [0, 0.1) is 11.6 Å². The zero-order valence-electron chi connectivity index (χ0n) is 11.8. The highest BCUT2D eigenvalue weighted by Gasteiger charge is 2.15. The Morgan fingerprint density at radius 2 is 1.95 bits per heavy atom. The lowest BCUT2D eigenvalue weighted by molar-refractivity contribution is -0.115. The Balaban J connectivity index is 1.92. The largest absolute Gasteiger partial charge is 0.325 e. The summed E-state index contributed by atoms with van der Waals surface area (Å²) in [6.45, 7) is 1.77. The van der Waals surface area contributed by atoms with Gasteiger partial charge in [-0.3, -0.25) is 4.79 Å². The molecule has 116 valence electrons. The summed E-state index contributed by atoms with van der Waals surface area (Å²) in [7, 11) is 0. The van der Waals surface area contributed by atoms with Gasteiger partial charge in [-0.15, -0.1) is 11.8 Å². The van der Waals surface area contributed by atoms with Crippen molar-refractivity contribution >= 4 is 39.3 Å². The van der Waals surface area contributed by atoms with E-state index < -0.39 is 11.6 Å². The Bertz CT molecular complexity index is 681. The molecule has 0 fully saturated rings. The summed E-state index contributed by atoms with van der Waals surface area (Å²) >= 11 is 4.93. The normalized spacial score (nSPS) is 12.0. The van der Waals surface area contributed by atoms with E-state index in [1.165, 1.54) is 17.8 Å². The van der Waals surface area contributed by atoms with Crippen molar-refractivity contribution in [3.63, 3.8) is 0 Å². The van der Waals surface area contributed by atoms with E-state index in [4.69, 9.17) is 0 Å². The molecule has 0 aliphatic rings. The summed E-state index contributed by atoms with van der Waals surface area (Å²) in [4.78, 5) is 12.1. The minimum absolute atomic E-state index is 0.247. The van der Waals surface area contributed by atoms with Gasteiger partial charge >= 0.3 is 0 Å². The van der Waals surface area contributed by atoms with Crippen LogP contribution in [-0.4, -0.2) is 11.2 Å². The summed E-state index contributed by atoms with van der Waals surface area (Å²) in [5.41, 5.74) is 1.34. The van der Waals surface area contributed by atoms with Crippen LogP contribution in [0.15, 0.2) is 46.9 Å². The average Bonchev–Trinajstić information content (AvgIpc) is 2.50. The summed E-state index contributed by atoms with van der Waals surface area (Å²) in [5.74, 6) is -1.49. The van der Waals surface area contributed by atoms with E-state index in [2.05, 4.69) is 21.2 Å². The predicted molar refractivity (Wildman–Crippen MR) is 89.9 cm³/mol. The number of carbonyl (C=O) groups is 1. The monoisotopic (exact) mass is 385 g/mol. The highest BCUT2D eigenvalue weighted by atomic mass is 79.9. The van der Waals surface area contributed by atoms with E-state index in [-0.39, 0.29) is 16.8 Å². The van der Waals surface area contributed by atoms with Crippen LogP contribution in [0.1, 0.15) is 12.5 Å². The van der Waals surface area contributed by atoms with Gasteiger partial charge < -0.3 is 5.32 Å². The number of hydrogen-bond acceptors (Lipinski definition) is 2. The summed E-state index contributed by atoms with van der Waals surface area (Å²) in [6.07, 6.45) is 0. The van der Waals surface area contributed by atoms with E-state index in [1.54, 1.807) is 6.92 Å². The molecule has 0 heterocycles. The van der Waals surface area contributed by atoms with Crippen LogP contribution in [0.2, 0.25) is 0 Å². The van der Waals surface area contributed by atoms with E-state index in [9.17, 15) is 13.6 Å². The van der Waals surface area contributed by atoms with Gasteiger partial charge in [0.25, 0.3) is 0 Å². The first-order valence-electron chi connectivity index (χ1n) is 6.58. The molecule has 0 saturated carbocycles. The van der Waals surface area contributed by atoms with Gasteiger partial charge in [-0.1, -0.05) is 34.1 Å². The highest BCUT2D eigenvalue weighted by molar-refractivity contribution is 9.10. The van der Waals surface area contributed by atoms with Crippen LogP contribution in [0.4, 0.5) is 14.5 Å². The Hall–Kier alpha value is -1.40. The first kappa shape index (κ1) is 17.0. The van der Waals surface area contributed by atoms with E-state index in [0.29, 0.717) is 5.75 Å². The number of rotatable bonds is 5. The third-order valence-corrected chi connectivity index (χ3v) is 4.97. The molecule has 0 aromatic heterocycles. The van der Waals surface area contributed by atoms with Crippen molar-refractivity contribution in [2.75, 3.05) is 5.32 Å². The van der Waals surface area contributed by atoms with E-state index >= 15 is 0 Å². The molecule has 0 aliphatic carbocycles. The van der Waals surface area contributed by atoms with Crippen LogP contribution in [0.25, 0.3) is 0 Å². The first-order chi connectivity index (χ1) is 10.5. The summed E-state index contributed by atoms with van der Waals surface area (Å²) in [6, 6.07) is 11.1. The number of thioether (sulfide) groups is 1. The maximum Gasteiger partial charge on any atom is 0.237 e. The van der Waals surface area contributed by atoms with Crippen LogP contribution >= 0.6 is 27.7 Å². The van der Waals surface area contributed by atoms with Crippen molar-refractivity contribution in [3.8, 4) is 0 Å². The molecule has 2 nitrogen and oxygen atoms in total. The van der Waals surface area contributed by atoms with Gasteiger partial charge in [0.2, 0.25) is 5.91 Å². The number of carbonyl (C=O) groups excluding carboxylic acids is 1. The molecule has 2 aromatic carbocycles. The van der Waals surface area contributed by atoms with Crippen LogP contribution in [0.3, 0.4) is 0 Å². The average molecular weight is 386 g/mol. The van der Waals surface area contributed by atoms with Gasteiger partial charge in [-0.25, -0.2) is 8.78 Å². The van der Waals surface area contributed by atoms with E-state index in [0.717, 1.165) is 22.2 Å². The van der Waals surface area contributed by atoms with Crippen molar-refractivity contribution in [1.29, 1.82) is 0 Å². The molecule has 1 amide bonds. The van der Waals surface area contributed by atoms with Gasteiger partial charge in [0, 0.05) is 22.0 Å². The lowest BCUT2D eigenvalue weighted by atomic mass is 10.2. The molecule has 6 heteroatoms. The van der Waals surface area contributed by atoms with Crippen molar-refractivity contribution in [3.05, 3.63) is 64.1 Å². The highest BCUT2D eigenvalue weighted by Crippen LogP contribution is 2.24. The minimum Gasteiger partial charge on any atom is -0.325 e. The molecule has 0 radical (unpaired) electrons. The van der Waals surface area contributed by atoms with Gasteiger partial charge in [0.1, 0.15) is 0 Å². The Labute approximate surface area is 140 Å². The maximum atomic E-state index is 13.1. The molecule has 0 unspecified atom stereocenters. The maximum absolute atomic E-state index is 13.1. The number of halogens is 3. The van der Waals surface area contributed by atoms with Gasteiger partial charge in [-0.2, -0.15) is 0 Å². The molecule has 1 atom stereocenters. The van der Waals surface area contributed by atoms with E-state index in [1.807, 2.05) is 24.3 Å². The lowest BCUT2D eigenvalue weighted by Crippen LogP contribution is -2.22. The standard InChI is InChI=1S/C16H14BrF2NOS/c1-10(22-9-11-4-2-3-5-13(11)17)16(21)20-12-6-7-14(18)15(19)8-12/h2-8,10H,9H2,1H3,(H,20,21)/t10-/m0/s1. The van der Waals surface area contributed by atoms with Crippen LogP contribution < -0.4 is 5.32 Å². The number of hydrogen-bond donors (Lipinski definition) is 1. The second-order valence-corrected chi connectivity index (χ2v) is 6.85. The Morgan fingerprint density at radius 1 is 1.23 bits per heavy atom. The molecule has 22 heavy (non-hydrogen) atoms. The second-order valence-electron chi connectivity index (χ2n) is 4.66. The van der Waals surface area contributed by atoms with Crippen molar-refractivity contribution in [1.82, 2.24) is 0 Å². The first-order valence-corrected chi connectivity index (χ1v) is 8.42. The number of amides is 1. The Morgan fingerprint density at radius 3 is 2.64 bits per heavy atom. The molecule has 0 saturated heterocycles. The molecule has 1 N–H and O–H groups in total. The lowest BCUT2D eigenvalue weighted by Gasteiger charge is -2.13. The topological polar surface area (TPSA) is 29.1 Å². The number of nitrogens with one attached hydrogen (secondary N) is 1. The SMILES string of the molecule is C[C@H](SCc1ccccc1Br)C(=O)Nc1ccc(F)c(F)c1. The fourth-order valence-corrected chi connectivity index (χ4v) is 3.23. The second kappa shape index (κ2) is 7.74. The summed E-state index contributed by atoms with van der Waals surface area (Å²) in [5, 5.41) is 2.26. The third-order valence-electron chi connectivity index (χ3n) is 3.00. The molecule has 2 aromatic rings. The van der Waals surface area contributed by atoms with Crippen LogP contribution in [-0.2, 0) is 10.5 Å².